The number of thiophene rings is 1. The van der Waals surface area contributed by atoms with Crippen molar-refractivity contribution in [2.45, 2.75) is 18.9 Å². The average Bonchev–Trinajstić information content (AvgIpc) is 3.17. The van der Waals surface area contributed by atoms with Crippen LogP contribution in [-0.4, -0.2) is 60.4 Å². The number of halogens is 1. The van der Waals surface area contributed by atoms with Crippen molar-refractivity contribution in [1.29, 1.82) is 0 Å². The number of amides is 2. The topological polar surface area (TPSA) is 52.7 Å². The molecule has 7 heteroatoms. The van der Waals surface area contributed by atoms with Crippen LogP contribution in [0.2, 0.25) is 4.34 Å². The highest BCUT2D eigenvalue weighted by Crippen LogP contribution is 2.23. The number of hydrogen-bond donors (Lipinski definition) is 1. The molecule has 2 aliphatic rings. The van der Waals surface area contributed by atoms with Gasteiger partial charge in [0.2, 0.25) is 5.91 Å². The second-order valence-corrected chi connectivity index (χ2v) is 7.23. The van der Waals surface area contributed by atoms with Crippen LogP contribution in [0.25, 0.3) is 0 Å². The van der Waals surface area contributed by atoms with Crippen molar-refractivity contribution in [3.8, 4) is 0 Å². The van der Waals surface area contributed by atoms with Crippen LogP contribution in [0.4, 0.5) is 0 Å². The van der Waals surface area contributed by atoms with Crippen LogP contribution in [-0.2, 0) is 4.79 Å². The van der Waals surface area contributed by atoms with E-state index < -0.39 is 0 Å². The summed E-state index contributed by atoms with van der Waals surface area (Å²) in [6, 6.07) is 3.92. The summed E-state index contributed by atoms with van der Waals surface area (Å²) in [5.74, 6) is 0.135. The first kappa shape index (κ1) is 14.8. The number of rotatable bonds is 4. The van der Waals surface area contributed by atoms with Gasteiger partial charge in [-0.3, -0.25) is 14.5 Å². The van der Waals surface area contributed by atoms with Crippen LogP contribution < -0.4 is 5.32 Å². The van der Waals surface area contributed by atoms with Gasteiger partial charge in [-0.15, -0.1) is 11.3 Å². The van der Waals surface area contributed by atoms with E-state index in [4.69, 9.17) is 11.6 Å². The fourth-order valence-electron chi connectivity index (χ4n) is 2.40. The molecule has 1 saturated carbocycles. The van der Waals surface area contributed by atoms with Gasteiger partial charge in [0.25, 0.3) is 5.91 Å². The Labute approximate surface area is 132 Å². The summed E-state index contributed by atoms with van der Waals surface area (Å²) < 4.78 is 0.633. The number of piperazine rings is 1. The van der Waals surface area contributed by atoms with Crippen molar-refractivity contribution in [3.63, 3.8) is 0 Å². The van der Waals surface area contributed by atoms with Gasteiger partial charge in [0.05, 0.1) is 15.8 Å². The summed E-state index contributed by atoms with van der Waals surface area (Å²) in [5, 5.41) is 2.99. The van der Waals surface area contributed by atoms with Gasteiger partial charge in [0.15, 0.2) is 0 Å². The summed E-state index contributed by atoms with van der Waals surface area (Å²) >= 11 is 7.18. The molecule has 2 amide bonds. The Balaban J connectivity index is 1.46. The summed E-state index contributed by atoms with van der Waals surface area (Å²) in [6.07, 6.45) is 2.22. The molecule has 5 nitrogen and oxygen atoms in total. The lowest BCUT2D eigenvalue weighted by atomic mass is 10.3. The van der Waals surface area contributed by atoms with Crippen molar-refractivity contribution in [3.05, 3.63) is 21.3 Å². The van der Waals surface area contributed by atoms with E-state index in [0.29, 0.717) is 34.9 Å². The largest absolute Gasteiger partial charge is 0.352 e. The van der Waals surface area contributed by atoms with E-state index in [1.165, 1.54) is 11.3 Å². The van der Waals surface area contributed by atoms with Gasteiger partial charge in [-0.2, -0.15) is 0 Å². The highest BCUT2D eigenvalue weighted by molar-refractivity contribution is 7.17. The molecule has 114 valence electrons. The molecule has 1 aromatic rings. The third-order valence-electron chi connectivity index (χ3n) is 3.75. The Morgan fingerprint density at radius 2 is 1.95 bits per heavy atom. The van der Waals surface area contributed by atoms with E-state index in [1.807, 2.05) is 4.90 Å². The number of carbonyl (C=O) groups excluding carboxylic acids is 2. The summed E-state index contributed by atoms with van der Waals surface area (Å²) in [5.41, 5.74) is 0. The molecule has 0 spiro atoms. The van der Waals surface area contributed by atoms with E-state index in [-0.39, 0.29) is 11.8 Å². The minimum Gasteiger partial charge on any atom is -0.352 e. The van der Waals surface area contributed by atoms with Crippen molar-refractivity contribution >= 4 is 34.8 Å². The van der Waals surface area contributed by atoms with Gasteiger partial charge in [-0.1, -0.05) is 11.6 Å². The summed E-state index contributed by atoms with van der Waals surface area (Å²) in [6.45, 7) is 3.23. The Kier molecular flexibility index (Phi) is 4.47. The molecule has 0 atom stereocenters. The molecule has 1 aromatic heterocycles. The van der Waals surface area contributed by atoms with Crippen molar-refractivity contribution in [2.24, 2.45) is 0 Å². The van der Waals surface area contributed by atoms with Gasteiger partial charge in [-0.05, 0) is 25.0 Å². The van der Waals surface area contributed by atoms with Gasteiger partial charge < -0.3 is 10.2 Å². The first-order valence-electron chi connectivity index (χ1n) is 7.18. The van der Waals surface area contributed by atoms with Crippen molar-refractivity contribution in [1.82, 2.24) is 15.1 Å². The Hall–Kier alpha value is -1.11. The zero-order valence-electron chi connectivity index (χ0n) is 11.7. The first-order chi connectivity index (χ1) is 10.1. The maximum atomic E-state index is 12.3. The van der Waals surface area contributed by atoms with Crippen molar-refractivity contribution < 1.29 is 9.59 Å². The standard InChI is InChI=1S/C14H18ClN3O2S/c15-12-4-3-11(21-12)14(20)18-7-5-17(6-8-18)9-13(19)16-10-1-2-10/h3-4,10H,1-2,5-9H2,(H,16,19). The monoisotopic (exact) mass is 327 g/mol. The highest BCUT2D eigenvalue weighted by atomic mass is 35.5. The zero-order chi connectivity index (χ0) is 14.8. The Morgan fingerprint density at radius 1 is 1.24 bits per heavy atom. The lowest BCUT2D eigenvalue weighted by Crippen LogP contribution is -2.51. The molecule has 0 bridgehead atoms. The van der Waals surface area contributed by atoms with Crippen LogP contribution in [0.1, 0.15) is 22.5 Å². The smallest absolute Gasteiger partial charge is 0.264 e. The molecule has 2 heterocycles. The molecular weight excluding hydrogens is 310 g/mol. The average molecular weight is 328 g/mol. The first-order valence-corrected chi connectivity index (χ1v) is 8.37. The Morgan fingerprint density at radius 3 is 2.52 bits per heavy atom. The highest BCUT2D eigenvalue weighted by Gasteiger charge is 2.26. The predicted molar refractivity (Wildman–Crippen MR) is 82.8 cm³/mol. The number of hydrogen-bond acceptors (Lipinski definition) is 4. The third kappa shape index (κ3) is 3.96. The molecular formula is C14H18ClN3O2S. The molecule has 0 unspecified atom stereocenters. The van der Waals surface area contributed by atoms with E-state index in [1.54, 1.807) is 12.1 Å². The molecule has 3 rings (SSSR count). The minimum absolute atomic E-state index is 0.0361. The zero-order valence-corrected chi connectivity index (χ0v) is 13.3. The molecule has 1 N–H and O–H groups in total. The van der Waals surface area contributed by atoms with Gasteiger partial charge in [0, 0.05) is 32.2 Å². The van der Waals surface area contributed by atoms with Crippen LogP contribution in [0.3, 0.4) is 0 Å². The van der Waals surface area contributed by atoms with Gasteiger partial charge in [-0.25, -0.2) is 0 Å². The molecule has 21 heavy (non-hydrogen) atoms. The van der Waals surface area contributed by atoms with E-state index in [9.17, 15) is 9.59 Å². The van der Waals surface area contributed by atoms with E-state index >= 15 is 0 Å². The third-order valence-corrected chi connectivity index (χ3v) is 4.97. The summed E-state index contributed by atoms with van der Waals surface area (Å²) in [7, 11) is 0. The number of nitrogens with zero attached hydrogens (tertiary/aromatic N) is 2. The number of nitrogens with one attached hydrogen (secondary N) is 1. The maximum absolute atomic E-state index is 12.3. The fraction of sp³-hybridized carbons (Fsp3) is 0.571. The van der Waals surface area contributed by atoms with E-state index in [0.717, 1.165) is 25.9 Å². The Bertz CT molecular complexity index is 536. The second-order valence-electron chi connectivity index (χ2n) is 5.51. The fourth-order valence-corrected chi connectivity index (χ4v) is 3.41. The lowest BCUT2D eigenvalue weighted by Gasteiger charge is -2.34. The molecule has 1 aliphatic carbocycles. The van der Waals surface area contributed by atoms with Gasteiger partial charge in [0.1, 0.15) is 0 Å². The SMILES string of the molecule is O=C(CN1CCN(C(=O)c2ccc(Cl)s2)CC1)NC1CC1. The maximum Gasteiger partial charge on any atom is 0.264 e. The quantitative estimate of drug-likeness (QED) is 0.910. The van der Waals surface area contributed by atoms with E-state index in [2.05, 4.69) is 10.2 Å². The predicted octanol–water partition coefficient (Wildman–Crippen LogP) is 1.44. The minimum atomic E-state index is 0.0361. The van der Waals surface area contributed by atoms with Crippen molar-refractivity contribution in [2.75, 3.05) is 32.7 Å². The molecule has 0 radical (unpaired) electrons. The second kappa shape index (κ2) is 6.34. The van der Waals surface area contributed by atoms with Crippen LogP contribution in [0.5, 0.6) is 0 Å². The lowest BCUT2D eigenvalue weighted by molar-refractivity contribution is -0.122. The number of carbonyl (C=O) groups is 2. The van der Waals surface area contributed by atoms with Crippen LogP contribution in [0, 0.1) is 0 Å². The van der Waals surface area contributed by atoms with Gasteiger partial charge >= 0.3 is 0 Å². The summed E-state index contributed by atoms with van der Waals surface area (Å²) in [4.78, 5) is 28.6. The molecule has 1 aliphatic heterocycles. The normalized spacial score (nSPS) is 19.6. The molecule has 2 fully saturated rings. The molecule has 1 saturated heterocycles. The van der Waals surface area contributed by atoms with Crippen LogP contribution >= 0.6 is 22.9 Å². The van der Waals surface area contributed by atoms with Crippen LogP contribution in [0.15, 0.2) is 12.1 Å². The molecule has 0 aromatic carbocycles.